The summed E-state index contributed by atoms with van der Waals surface area (Å²) in [7, 11) is 1.37. The minimum absolute atomic E-state index is 0.266. The number of hydrogen-bond donors (Lipinski definition) is 1. The Hall–Kier alpha value is -2.63. The van der Waals surface area contributed by atoms with Gasteiger partial charge < -0.3 is 14.5 Å². The second-order valence-corrected chi connectivity index (χ2v) is 4.25. The van der Waals surface area contributed by atoms with E-state index in [1.165, 1.54) is 13.4 Å². The lowest BCUT2D eigenvalue weighted by molar-refractivity contribution is -0.140. The maximum atomic E-state index is 11.1. The molecule has 6 nitrogen and oxygen atoms in total. The van der Waals surface area contributed by atoms with Gasteiger partial charge in [0, 0.05) is 11.9 Å². The van der Waals surface area contributed by atoms with Gasteiger partial charge in [-0.05, 0) is 12.1 Å². The SMILES string of the molecule is COC(=O)CCNc1ncnc2c1oc1ccccc12. The standard InChI is InChI=1S/C14H13N3O3/c1-19-11(18)6-7-15-14-13-12(16-8-17-14)9-4-2-3-5-10(9)20-13/h2-5,8H,6-7H2,1H3,(H,15,16,17). The number of aromatic nitrogens is 2. The fourth-order valence-corrected chi connectivity index (χ4v) is 2.03. The summed E-state index contributed by atoms with van der Waals surface area (Å²) in [6.07, 6.45) is 1.74. The lowest BCUT2D eigenvalue weighted by atomic mass is 10.2. The van der Waals surface area contributed by atoms with Crippen molar-refractivity contribution in [3.63, 3.8) is 0 Å². The number of carbonyl (C=O) groups is 1. The fraction of sp³-hybridized carbons (Fsp3) is 0.214. The van der Waals surface area contributed by atoms with Gasteiger partial charge in [-0.15, -0.1) is 0 Å². The lowest BCUT2D eigenvalue weighted by Crippen LogP contribution is -2.10. The minimum Gasteiger partial charge on any atom is -0.469 e. The fourth-order valence-electron chi connectivity index (χ4n) is 2.03. The van der Waals surface area contributed by atoms with Gasteiger partial charge in [-0.2, -0.15) is 0 Å². The third-order valence-corrected chi connectivity index (χ3v) is 3.01. The molecule has 6 heteroatoms. The van der Waals surface area contributed by atoms with Crippen LogP contribution in [0.4, 0.5) is 5.82 Å². The van der Waals surface area contributed by atoms with Crippen LogP contribution in [0.2, 0.25) is 0 Å². The van der Waals surface area contributed by atoms with Crippen molar-refractivity contribution < 1.29 is 13.9 Å². The predicted octanol–water partition coefficient (Wildman–Crippen LogP) is 2.35. The summed E-state index contributed by atoms with van der Waals surface area (Å²) in [5, 5.41) is 4.01. The molecule has 0 aliphatic heterocycles. The molecule has 20 heavy (non-hydrogen) atoms. The molecule has 3 rings (SSSR count). The average molecular weight is 271 g/mol. The quantitative estimate of drug-likeness (QED) is 0.734. The molecular weight excluding hydrogens is 258 g/mol. The van der Waals surface area contributed by atoms with Crippen LogP contribution in [0.25, 0.3) is 22.1 Å². The first-order valence-corrected chi connectivity index (χ1v) is 6.22. The molecule has 0 radical (unpaired) electrons. The van der Waals surface area contributed by atoms with E-state index < -0.39 is 0 Å². The molecule has 1 N–H and O–H groups in total. The van der Waals surface area contributed by atoms with Crippen LogP contribution in [0, 0.1) is 0 Å². The molecule has 2 aromatic heterocycles. The zero-order valence-corrected chi connectivity index (χ0v) is 10.9. The first-order chi connectivity index (χ1) is 9.79. The van der Waals surface area contributed by atoms with Crippen LogP contribution in [0.1, 0.15) is 6.42 Å². The summed E-state index contributed by atoms with van der Waals surface area (Å²) in [4.78, 5) is 19.5. The van der Waals surface area contributed by atoms with E-state index in [-0.39, 0.29) is 12.4 Å². The van der Waals surface area contributed by atoms with E-state index in [2.05, 4.69) is 20.0 Å². The third kappa shape index (κ3) is 2.16. The first kappa shape index (κ1) is 12.4. The zero-order valence-electron chi connectivity index (χ0n) is 10.9. The molecule has 0 amide bonds. The van der Waals surface area contributed by atoms with E-state index in [4.69, 9.17) is 4.42 Å². The molecule has 2 heterocycles. The highest BCUT2D eigenvalue weighted by Gasteiger charge is 2.12. The number of rotatable bonds is 4. The summed E-state index contributed by atoms with van der Waals surface area (Å²) in [5.41, 5.74) is 2.12. The number of methoxy groups -OCH3 is 1. The summed E-state index contributed by atoms with van der Waals surface area (Å²) in [6.45, 7) is 0.426. The summed E-state index contributed by atoms with van der Waals surface area (Å²) in [6, 6.07) is 7.67. The number of nitrogens with one attached hydrogen (secondary N) is 1. The summed E-state index contributed by atoms with van der Waals surface area (Å²) in [5.74, 6) is 0.308. The highest BCUT2D eigenvalue weighted by molar-refractivity contribution is 6.05. The number of furan rings is 1. The Morgan fingerprint density at radius 3 is 3.05 bits per heavy atom. The van der Waals surface area contributed by atoms with Gasteiger partial charge in [-0.1, -0.05) is 12.1 Å². The Morgan fingerprint density at radius 2 is 2.20 bits per heavy atom. The number of para-hydroxylation sites is 1. The molecule has 0 saturated heterocycles. The van der Waals surface area contributed by atoms with Crippen LogP contribution in [0.5, 0.6) is 0 Å². The van der Waals surface area contributed by atoms with Gasteiger partial charge in [-0.3, -0.25) is 4.79 Å². The number of fused-ring (bicyclic) bond motifs is 3. The number of ether oxygens (including phenoxy) is 1. The Labute approximate surface area is 114 Å². The smallest absolute Gasteiger partial charge is 0.307 e. The van der Waals surface area contributed by atoms with Gasteiger partial charge in [0.05, 0.1) is 13.5 Å². The molecule has 0 spiro atoms. The lowest BCUT2D eigenvalue weighted by Gasteiger charge is -2.04. The number of carbonyl (C=O) groups excluding carboxylic acids is 1. The van der Waals surface area contributed by atoms with Gasteiger partial charge in [0.15, 0.2) is 11.4 Å². The number of esters is 1. The second kappa shape index (κ2) is 5.16. The van der Waals surface area contributed by atoms with Gasteiger partial charge in [0.2, 0.25) is 0 Å². The van der Waals surface area contributed by atoms with E-state index >= 15 is 0 Å². The van der Waals surface area contributed by atoms with Crippen molar-refractivity contribution in [3.05, 3.63) is 30.6 Å². The average Bonchev–Trinajstić information content (AvgIpc) is 2.86. The Kier molecular flexibility index (Phi) is 3.20. The highest BCUT2D eigenvalue weighted by Crippen LogP contribution is 2.30. The zero-order chi connectivity index (χ0) is 13.9. The van der Waals surface area contributed by atoms with Gasteiger partial charge >= 0.3 is 5.97 Å². The van der Waals surface area contributed by atoms with E-state index in [1.807, 2.05) is 24.3 Å². The molecule has 0 saturated carbocycles. The van der Waals surface area contributed by atoms with Crippen LogP contribution in [-0.4, -0.2) is 29.6 Å². The van der Waals surface area contributed by atoms with Crippen LogP contribution in [-0.2, 0) is 9.53 Å². The van der Waals surface area contributed by atoms with Crippen LogP contribution in [0.15, 0.2) is 35.0 Å². The van der Waals surface area contributed by atoms with Gasteiger partial charge in [0.1, 0.15) is 17.4 Å². The van der Waals surface area contributed by atoms with Gasteiger partial charge in [0.25, 0.3) is 0 Å². The van der Waals surface area contributed by atoms with E-state index in [0.29, 0.717) is 17.9 Å². The molecule has 0 aliphatic carbocycles. The van der Waals surface area contributed by atoms with E-state index in [1.54, 1.807) is 0 Å². The van der Waals surface area contributed by atoms with Crippen molar-refractivity contribution in [1.82, 2.24) is 9.97 Å². The number of anilines is 1. The first-order valence-electron chi connectivity index (χ1n) is 6.22. The molecule has 102 valence electrons. The van der Waals surface area contributed by atoms with Crippen molar-refractivity contribution in [2.75, 3.05) is 19.0 Å². The highest BCUT2D eigenvalue weighted by atomic mass is 16.5. The second-order valence-electron chi connectivity index (χ2n) is 4.25. The molecule has 0 fully saturated rings. The molecule has 0 unspecified atom stereocenters. The van der Waals surface area contributed by atoms with E-state index in [9.17, 15) is 4.79 Å². The van der Waals surface area contributed by atoms with Crippen LogP contribution in [0.3, 0.4) is 0 Å². The van der Waals surface area contributed by atoms with Crippen molar-refractivity contribution >= 4 is 33.9 Å². The van der Waals surface area contributed by atoms with Crippen molar-refractivity contribution in [2.24, 2.45) is 0 Å². The largest absolute Gasteiger partial charge is 0.469 e. The van der Waals surface area contributed by atoms with Crippen molar-refractivity contribution in [2.45, 2.75) is 6.42 Å². The van der Waals surface area contributed by atoms with Crippen molar-refractivity contribution in [3.8, 4) is 0 Å². The Balaban J connectivity index is 1.93. The molecule has 0 atom stereocenters. The molecule has 3 aromatic rings. The topological polar surface area (TPSA) is 77.2 Å². The summed E-state index contributed by atoms with van der Waals surface area (Å²) >= 11 is 0. The number of nitrogens with zero attached hydrogens (tertiary/aromatic N) is 2. The molecule has 0 bridgehead atoms. The van der Waals surface area contributed by atoms with Crippen LogP contribution >= 0.6 is 0 Å². The Bertz CT molecular complexity index is 767. The molecule has 0 aliphatic rings. The monoisotopic (exact) mass is 271 g/mol. The molecule has 1 aromatic carbocycles. The number of benzene rings is 1. The predicted molar refractivity (Wildman–Crippen MR) is 74.4 cm³/mol. The van der Waals surface area contributed by atoms with Crippen LogP contribution < -0.4 is 5.32 Å². The summed E-state index contributed by atoms with van der Waals surface area (Å²) < 4.78 is 10.4. The van der Waals surface area contributed by atoms with Gasteiger partial charge in [-0.25, -0.2) is 9.97 Å². The Morgan fingerprint density at radius 1 is 1.35 bits per heavy atom. The maximum absolute atomic E-state index is 11.1. The molecular formula is C14H13N3O3. The number of hydrogen-bond acceptors (Lipinski definition) is 6. The maximum Gasteiger partial charge on any atom is 0.307 e. The van der Waals surface area contributed by atoms with E-state index in [0.717, 1.165) is 16.5 Å². The third-order valence-electron chi connectivity index (χ3n) is 3.01. The van der Waals surface area contributed by atoms with Crippen molar-refractivity contribution in [1.29, 1.82) is 0 Å². The minimum atomic E-state index is -0.271. The normalized spacial score (nSPS) is 10.8.